The monoisotopic (exact) mass is 246 g/mol. The Morgan fingerprint density at radius 3 is 2.35 bits per heavy atom. The molecule has 1 heterocycles. The molecule has 4 atom stereocenters. The van der Waals surface area contributed by atoms with Crippen LogP contribution in [-0.2, 0) is 23.8 Å². The summed E-state index contributed by atoms with van der Waals surface area (Å²) in [6.07, 6.45) is -1.71. The van der Waals surface area contributed by atoms with Gasteiger partial charge in [-0.3, -0.25) is 9.59 Å². The normalized spacial score (nSPS) is 32.9. The van der Waals surface area contributed by atoms with Crippen molar-refractivity contribution in [3.05, 3.63) is 0 Å². The fourth-order valence-electron chi connectivity index (χ4n) is 1.95. The van der Waals surface area contributed by atoms with Crippen molar-refractivity contribution in [1.82, 2.24) is 0 Å². The van der Waals surface area contributed by atoms with Gasteiger partial charge in [0.1, 0.15) is 12.2 Å². The Labute approximate surface area is 99.8 Å². The first kappa shape index (κ1) is 13.9. The Hall–Kier alpha value is -1.14. The lowest BCUT2D eigenvalue weighted by molar-refractivity contribution is -0.209. The molecule has 0 saturated carbocycles. The van der Waals surface area contributed by atoms with Crippen molar-refractivity contribution in [2.24, 2.45) is 0 Å². The molecule has 0 bridgehead atoms. The maximum atomic E-state index is 11.0. The van der Waals surface area contributed by atoms with E-state index in [2.05, 4.69) is 0 Å². The number of carbonyl (C=O) groups excluding carboxylic acids is 2. The molecular weight excluding hydrogens is 228 g/mol. The van der Waals surface area contributed by atoms with E-state index in [1.807, 2.05) is 6.92 Å². The lowest BCUT2D eigenvalue weighted by Crippen LogP contribution is -2.52. The van der Waals surface area contributed by atoms with Crippen LogP contribution in [0.5, 0.6) is 0 Å². The van der Waals surface area contributed by atoms with Gasteiger partial charge in [0.2, 0.25) is 0 Å². The van der Waals surface area contributed by atoms with Gasteiger partial charge in [0.15, 0.2) is 6.10 Å². The van der Waals surface area contributed by atoms with Gasteiger partial charge in [-0.15, -0.1) is 0 Å². The Balaban J connectivity index is 2.78. The zero-order chi connectivity index (χ0) is 13.0. The van der Waals surface area contributed by atoms with Gasteiger partial charge in [-0.25, -0.2) is 0 Å². The molecule has 98 valence electrons. The topological polar surface area (TPSA) is 82.1 Å². The van der Waals surface area contributed by atoms with Gasteiger partial charge >= 0.3 is 11.9 Å². The molecule has 0 amide bonds. The molecule has 6 nitrogen and oxygen atoms in total. The van der Waals surface area contributed by atoms with Gasteiger partial charge in [0.05, 0.1) is 12.7 Å². The molecule has 0 aromatic rings. The number of rotatable bonds is 3. The van der Waals surface area contributed by atoms with E-state index in [1.54, 1.807) is 0 Å². The first-order chi connectivity index (χ1) is 7.93. The van der Waals surface area contributed by atoms with Crippen LogP contribution in [0.1, 0.15) is 27.2 Å². The second-order valence-electron chi connectivity index (χ2n) is 4.13. The Kier molecular flexibility index (Phi) is 4.89. The third-order valence-corrected chi connectivity index (χ3v) is 2.50. The van der Waals surface area contributed by atoms with Crippen LogP contribution >= 0.6 is 0 Å². The molecule has 1 fully saturated rings. The summed E-state index contributed by atoms with van der Waals surface area (Å²) in [5, 5.41) is 9.19. The summed E-state index contributed by atoms with van der Waals surface area (Å²) in [4.78, 5) is 22.0. The second-order valence-corrected chi connectivity index (χ2v) is 4.13. The summed E-state index contributed by atoms with van der Waals surface area (Å²) in [5.41, 5.74) is 0. The fourth-order valence-corrected chi connectivity index (χ4v) is 1.95. The van der Waals surface area contributed by atoms with E-state index in [-0.39, 0.29) is 12.7 Å². The number of esters is 2. The second kappa shape index (κ2) is 5.97. The molecule has 0 spiro atoms. The molecule has 1 rings (SSSR count). The van der Waals surface area contributed by atoms with Crippen LogP contribution in [0.3, 0.4) is 0 Å². The van der Waals surface area contributed by atoms with Crippen molar-refractivity contribution in [3.8, 4) is 0 Å². The molecule has 0 aromatic heterocycles. The number of ether oxygens (including phenoxy) is 3. The van der Waals surface area contributed by atoms with Crippen molar-refractivity contribution < 1.29 is 28.9 Å². The van der Waals surface area contributed by atoms with Crippen LogP contribution in [0.4, 0.5) is 0 Å². The van der Waals surface area contributed by atoms with Gasteiger partial charge in [0, 0.05) is 20.3 Å². The largest absolute Gasteiger partial charge is 0.458 e. The summed E-state index contributed by atoms with van der Waals surface area (Å²) in [6, 6.07) is 0. The number of hydrogen-bond acceptors (Lipinski definition) is 6. The molecule has 4 unspecified atom stereocenters. The molecule has 1 N–H and O–H groups in total. The average Bonchev–Trinajstić information content (AvgIpc) is 2.20. The molecule has 0 aromatic carbocycles. The molecule has 6 heteroatoms. The number of aliphatic hydroxyl groups is 1. The Morgan fingerprint density at radius 1 is 1.29 bits per heavy atom. The standard InChI is InChI=1S/C11H18O6/c1-6-4-9(16-7(2)13)11(17-8(3)14)10(5-12)15-6/h6,9-12H,4-5H2,1-3H3. The van der Waals surface area contributed by atoms with Crippen LogP contribution in [0.15, 0.2) is 0 Å². The summed E-state index contributed by atoms with van der Waals surface area (Å²) in [5.74, 6) is -0.943. The molecule has 0 aliphatic carbocycles. The summed E-state index contributed by atoms with van der Waals surface area (Å²) < 4.78 is 15.6. The highest BCUT2D eigenvalue weighted by atomic mass is 16.6. The zero-order valence-electron chi connectivity index (χ0n) is 10.2. The molecule has 1 aliphatic rings. The Bertz CT molecular complexity index is 290. The molecule has 0 radical (unpaired) electrons. The zero-order valence-corrected chi connectivity index (χ0v) is 10.2. The van der Waals surface area contributed by atoms with Crippen molar-refractivity contribution in [3.63, 3.8) is 0 Å². The van der Waals surface area contributed by atoms with E-state index >= 15 is 0 Å². The summed E-state index contributed by atoms with van der Waals surface area (Å²) in [6.45, 7) is 4.07. The quantitative estimate of drug-likeness (QED) is 0.707. The summed E-state index contributed by atoms with van der Waals surface area (Å²) in [7, 11) is 0. The van der Waals surface area contributed by atoms with E-state index in [9.17, 15) is 14.7 Å². The lowest BCUT2D eigenvalue weighted by atomic mass is 9.98. The van der Waals surface area contributed by atoms with Crippen molar-refractivity contribution in [2.45, 2.75) is 51.6 Å². The molecule has 1 aliphatic heterocycles. The van der Waals surface area contributed by atoms with Crippen LogP contribution < -0.4 is 0 Å². The average molecular weight is 246 g/mol. The van der Waals surface area contributed by atoms with Gasteiger partial charge in [-0.1, -0.05) is 0 Å². The van der Waals surface area contributed by atoms with Gasteiger partial charge in [-0.2, -0.15) is 0 Å². The maximum Gasteiger partial charge on any atom is 0.303 e. The van der Waals surface area contributed by atoms with E-state index < -0.39 is 30.3 Å². The highest BCUT2D eigenvalue weighted by Crippen LogP contribution is 2.25. The highest BCUT2D eigenvalue weighted by molar-refractivity contribution is 5.67. The first-order valence-electron chi connectivity index (χ1n) is 5.54. The van der Waals surface area contributed by atoms with E-state index in [0.717, 1.165) is 0 Å². The van der Waals surface area contributed by atoms with Crippen molar-refractivity contribution >= 4 is 11.9 Å². The highest BCUT2D eigenvalue weighted by Gasteiger charge is 2.41. The third-order valence-electron chi connectivity index (χ3n) is 2.50. The molecular formula is C11H18O6. The number of aliphatic hydroxyl groups excluding tert-OH is 1. The van der Waals surface area contributed by atoms with E-state index in [0.29, 0.717) is 6.42 Å². The van der Waals surface area contributed by atoms with Gasteiger partial charge in [-0.05, 0) is 6.92 Å². The predicted octanol–water partition coefficient (Wildman–Crippen LogP) is 0.0195. The summed E-state index contributed by atoms with van der Waals surface area (Å²) >= 11 is 0. The van der Waals surface area contributed by atoms with Crippen molar-refractivity contribution in [2.75, 3.05) is 6.61 Å². The minimum atomic E-state index is -0.752. The van der Waals surface area contributed by atoms with Crippen LogP contribution in [0, 0.1) is 0 Å². The SMILES string of the molecule is CC(=O)OC1CC(C)OC(CO)C1OC(C)=O. The Morgan fingerprint density at radius 2 is 1.88 bits per heavy atom. The first-order valence-corrected chi connectivity index (χ1v) is 5.54. The molecule has 17 heavy (non-hydrogen) atoms. The minimum Gasteiger partial charge on any atom is -0.458 e. The maximum absolute atomic E-state index is 11.0. The lowest BCUT2D eigenvalue weighted by Gasteiger charge is -2.38. The van der Waals surface area contributed by atoms with Crippen molar-refractivity contribution in [1.29, 1.82) is 0 Å². The third kappa shape index (κ3) is 3.98. The number of hydrogen-bond donors (Lipinski definition) is 1. The van der Waals surface area contributed by atoms with Crippen LogP contribution in [-0.4, -0.2) is 48.1 Å². The van der Waals surface area contributed by atoms with Gasteiger partial charge < -0.3 is 19.3 Å². The van der Waals surface area contributed by atoms with Gasteiger partial charge in [0.25, 0.3) is 0 Å². The minimum absolute atomic E-state index is 0.164. The fraction of sp³-hybridized carbons (Fsp3) is 0.818. The molecule has 1 saturated heterocycles. The van der Waals surface area contributed by atoms with Crippen LogP contribution in [0.2, 0.25) is 0 Å². The van der Waals surface area contributed by atoms with Crippen LogP contribution in [0.25, 0.3) is 0 Å². The smallest absolute Gasteiger partial charge is 0.303 e. The van der Waals surface area contributed by atoms with E-state index in [4.69, 9.17) is 14.2 Å². The predicted molar refractivity (Wildman–Crippen MR) is 57.1 cm³/mol. The number of carbonyl (C=O) groups is 2. The van der Waals surface area contributed by atoms with E-state index in [1.165, 1.54) is 13.8 Å².